The van der Waals surface area contributed by atoms with Crippen molar-refractivity contribution < 1.29 is 32.3 Å². The molecule has 1 N–H and O–H groups in total. The van der Waals surface area contributed by atoms with Crippen LogP contribution in [0.25, 0.3) is 0 Å². The van der Waals surface area contributed by atoms with E-state index in [1.54, 1.807) is 6.07 Å². The van der Waals surface area contributed by atoms with Crippen LogP contribution in [0.15, 0.2) is 23.1 Å². The summed E-state index contributed by atoms with van der Waals surface area (Å²) in [5.41, 5.74) is 0.937. The van der Waals surface area contributed by atoms with Crippen molar-refractivity contribution >= 4 is 39.2 Å². The highest BCUT2D eigenvalue weighted by molar-refractivity contribution is 7.89. The van der Waals surface area contributed by atoms with Gasteiger partial charge in [-0.1, -0.05) is 0 Å². The fraction of sp³-hybridized carbons (Fsp3) is 0.550. The average molecular weight is 482 g/mol. The molecule has 0 aliphatic carbocycles. The minimum Gasteiger partial charge on any atom is -0.379 e. The first-order valence-corrected chi connectivity index (χ1v) is 12.1. The molecule has 0 atom stereocenters. The van der Waals surface area contributed by atoms with Crippen LogP contribution in [0.1, 0.15) is 0 Å². The van der Waals surface area contributed by atoms with Gasteiger partial charge in [-0.15, -0.1) is 0 Å². The first-order chi connectivity index (χ1) is 15.8. The standard InChI is InChI=1S/C20H27N5O7S/c1-22-14-19(27)25(20(22)28)13-18(26)21-16-12-15(33(29,30)24-6-10-32-11-7-24)2-3-17(16)23-4-8-31-9-5-23/h2-3,12H,4-11,13-14H2,1H3,(H,21,26). The largest absolute Gasteiger partial charge is 0.379 e. The second-order valence-electron chi connectivity index (χ2n) is 7.96. The lowest BCUT2D eigenvalue weighted by Gasteiger charge is -2.31. The summed E-state index contributed by atoms with van der Waals surface area (Å²) in [7, 11) is -2.30. The maximum absolute atomic E-state index is 13.1. The minimum absolute atomic E-state index is 0.0461. The zero-order valence-corrected chi connectivity index (χ0v) is 19.2. The highest BCUT2D eigenvalue weighted by Crippen LogP contribution is 2.31. The number of likely N-dealkylation sites (N-methyl/N-ethyl adjacent to an activating group) is 1. The summed E-state index contributed by atoms with van der Waals surface area (Å²) < 4.78 is 38.3. The van der Waals surface area contributed by atoms with Crippen molar-refractivity contribution in [2.75, 3.05) is 83.0 Å². The van der Waals surface area contributed by atoms with Gasteiger partial charge in [-0.3, -0.25) is 14.5 Å². The highest BCUT2D eigenvalue weighted by atomic mass is 32.2. The van der Waals surface area contributed by atoms with Crippen LogP contribution >= 0.6 is 0 Å². The third kappa shape index (κ3) is 4.95. The van der Waals surface area contributed by atoms with Gasteiger partial charge in [0.05, 0.1) is 42.7 Å². The summed E-state index contributed by atoms with van der Waals surface area (Å²) in [5.74, 6) is -1.06. The normalized spacial score (nSPS) is 20.5. The van der Waals surface area contributed by atoms with Crippen LogP contribution in [0, 0.1) is 0 Å². The molecular weight excluding hydrogens is 454 g/mol. The molecule has 0 bridgehead atoms. The molecule has 1 aromatic carbocycles. The molecule has 0 saturated carbocycles. The zero-order chi connectivity index (χ0) is 23.6. The predicted octanol–water partition coefficient (Wildman–Crippen LogP) is -0.623. The molecular formula is C20H27N5O7S. The lowest BCUT2D eigenvalue weighted by molar-refractivity contribution is -0.129. The van der Waals surface area contributed by atoms with Gasteiger partial charge in [0.25, 0.3) is 5.91 Å². The molecule has 0 unspecified atom stereocenters. The van der Waals surface area contributed by atoms with Crippen LogP contribution in [0.4, 0.5) is 16.2 Å². The number of carbonyl (C=O) groups is 3. The number of hydrogen-bond donors (Lipinski definition) is 1. The number of carbonyl (C=O) groups excluding carboxylic acids is 3. The number of sulfonamides is 1. The average Bonchev–Trinajstić information content (AvgIpc) is 3.06. The monoisotopic (exact) mass is 481 g/mol. The van der Waals surface area contributed by atoms with E-state index in [0.717, 1.165) is 4.90 Å². The maximum Gasteiger partial charge on any atom is 0.327 e. The van der Waals surface area contributed by atoms with Crippen molar-refractivity contribution in [3.8, 4) is 0 Å². The van der Waals surface area contributed by atoms with Crippen LogP contribution in [0.2, 0.25) is 0 Å². The molecule has 3 heterocycles. The number of nitrogens with zero attached hydrogens (tertiary/aromatic N) is 4. The maximum atomic E-state index is 13.1. The summed E-state index contributed by atoms with van der Waals surface area (Å²) in [6.07, 6.45) is 0. The van der Waals surface area contributed by atoms with E-state index >= 15 is 0 Å². The Labute approximate surface area is 192 Å². The van der Waals surface area contributed by atoms with E-state index in [-0.39, 0.29) is 24.5 Å². The van der Waals surface area contributed by atoms with Crippen molar-refractivity contribution in [1.82, 2.24) is 14.1 Å². The predicted molar refractivity (Wildman–Crippen MR) is 117 cm³/mol. The second kappa shape index (κ2) is 9.63. The number of anilines is 2. The molecule has 0 aromatic heterocycles. The topological polar surface area (TPSA) is 129 Å². The van der Waals surface area contributed by atoms with Crippen molar-refractivity contribution in [2.24, 2.45) is 0 Å². The Bertz CT molecular complexity index is 1040. The van der Waals surface area contributed by atoms with Crippen molar-refractivity contribution in [2.45, 2.75) is 4.90 Å². The first-order valence-electron chi connectivity index (χ1n) is 10.7. The number of hydrogen-bond acceptors (Lipinski definition) is 8. The summed E-state index contributed by atoms with van der Waals surface area (Å²) in [6, 6.07) is 4.06. The minimum atomic E-state index is -3.78. The lowest BCUT2D eigenvalue weighted by Crippen LogP contribution is -2.41. The Morgan fingerprint density at radius 3 is 2.27 bits per heavy atom. The molecule has 4 amide bonds. The van der Waals surface area contributed by atoms with Crippen LogP contribution < -0.4 is 10.2 Å². The van der Waals surface area contributed by atoms with Gasteiger partial charge in [-0.25, -0.2) is 13.2 Å². The molecule has 3 fully saturated rings. The van der Waals surface area contributed by atoms with Gasteiger partial charge in [-0.2, -0.15) is 4.31 Å². The van der Waals surface area contributed by atoms with E-state index in [9.17, 15) is 22.8 Å². The number of urea groups is 1. The van der Waals surface area contributed by atoms with Crippen LogP contribution in [-0.4, -0.2) is 113 Å². The van der Waals surface area contributed by atoms with E-state index in [4.69, 9.17) is 9.47 Å². The molecule has 4 rings (SSSR count). The molecule has 3 aliphatic heterocycles. The smallest absolute Gasteiger partial charge is 0.327 e. The third-order valence-electron chi connectivity index (χ3n) is 5.73. The van der Waals surface area contributed by atoms with Gasteiger partial charge in [0.2, 0.25) is 15.9 Å². The molecule has 180 valence electrons. The highest BCUT2D eigenvalue weighted by Gasteiger charge is 2.35. The number of nitrogens with one attached hydrogen (secondary N) is 1. The zero-order valence-electron chi connectivity index (χ0n) is 18.4. The Morgan fingerprint density at radius 1 is 1.03 bits per heavy atom. The SMILES string of the molecule is CN1CC(=O)N(CC(=O)Nc2cc(S(=O)(=O)N3CCOCC3)ccc2N2CCOCC2)C1=O. The molecule has 3 saturated heterocycles. The lowest BCUT2D eigenvalue weighted by atomic mass is 10.2. The van der Waals surface area contributed by atoms with Crippen LogP contribution in [0.5, 0.6) is 0 Å². The third-order valence-corrected chi connectivity index (χ3v) is 7.63. The Kier molecular flexibility index (Phi) is 6.83. The Hall–Kier alpha value is -2.74. The number of amides is 4. The molecule has 0 radical (unpaired) electrons. The van der Waals surface area contributed by atoms with Gasteiger partial charge in [0.1, 0.15) is 13.1 Å². The molecule has 12 nitrogen and oxygen atoms in total. The Morgan fingerprint density at radius 2 is 1.67 bits per heavy atom. The number of rotatable bonds is 6. The van der Waals surface area contributed by atoms with Crippen LogP contribution in [0.3, 0.4) is 0 Å². The number of morpholine rings is 2. The fourth-order valence-corrected chi connectivity index (χ4v) is 5.38. The molecule has 13 heteroatoms. The van der Waals surface area contributed by atoms with E-state index in [1.807, 2.05) is 4.90 Å². The summed E-state index contributed by atoms with van der Waals surface area (Å²) in [6.45, 7) is 2.77. The number of ether oxygens (including phenoxy) is 2. The Balaban J connectivity index is 1.60. The number of benzene rings is 1. The van der Waals surface area contributed by atoms with Gasteiger partial charge in [0.15, 0.2) is 0 Å². The van der Waals surface area contributed by atoms with Gasteiger partial charge < -0.3 is 24.6 Å². The van der Waals surface area contributed by atoms with Gasteiger partial charge >= 0.3 is 6.03 Å². The van der Waals surface area contributed by atoms with E-state index < -0.39 is 34.4 Å². The van der Waals surface area contributed by atoms with Crippen LogP contribution in [-0.2, 0) is 29.1 Å². The summed E-state index contributed by atoms with van der Waals surface area (Å²) in [4.78, 5) is 41.0. The van der Waals surface area contributed by atoms with Crippen molar-refractivity contribution in [3.63, 3.8) is 0 Å². The summed E-state index contributed by atoms with van der Waals surface area (Å²) in [5, 5.41) is 2.71. The van der Waals surface area contributed by atoms with E-state index in [2.05, 4.69) is 5.32 Å². The first kappa shape index (κ1) is 23.4. The number of imide groups is 1. The second-order valence-corrected chi connectivity index (χ2v) is 9.90. The quantitative estimate of drug-likeness (QED) is 0.532. The van der Waals surface area contributed by atoms with Crippen molar-refractivity contribution in [3.05, 3.63) is 18.2 Å². The van der Waals surface area contributed by atoms with E-state index in [1.165, 1.54) is 28.4 Å². The molecule has 1 aromatic rings. The van der Waals surface area contributed by atoms with Gasteiger partial charge in [0, 0.05) is 33.2 Å². The molecule has 3 aliphatic rings. The molecule has 33 heavy (non-hydrogen) atoms. The summed E-state index contributed by atoms with van der Waals surface area (Å²) >= 11 is 0. The molecule has 0 spiro atoms. The fourth-order valence-electron chi connectivity index (χ4n) is 3.95. The van der Waals surface area contributed by atoms with E-state index in [0.29, 0.717) is 50.9 Å². The van der Waals surface area contributed by atoms with Gasteiger partial charge in [-0.05, 0) is 18.2 Å². The van der Waals surface area contributed by atoms with Crippen molar-refractivity contribution in [1.29, 1.82) is 0 Å².